The largest absolute Gasteiger partial charge is 0.492 e. The van der Waals surface area contributed by atoms with E-state index in [9.17, 15) is 4.79 Å². The van der Waals surface area contributed by atoms with Gasteiger partial charge in [-0.25, -0.2) is 4.98 Å². The molecular weight excluding hydrogens is 410 g/mol. The second kappa shape index (κ2) is 10.3. The summed E-state index contributed by atoms with van der Waals surface area (Å²) in [5.41, 5.74) is 6.64. The normalized spacial score (nSPS) is 11.0. The number of rotatable bonds is 9. The molecule has 0 unspecified atom stereocenters. The van der Waals surface area contributed by atoms with Crippen LogP contribution in [0.5, 0.6) is 5.75 Å². The van der Waals surface area contributed by atoms with Gasteiger partial charge < -0.3 is 14.6 Å². The minimum Gasteiger partial charge on any atom is -0.492 e. The minimum absolute atomic E-state index is 0.0325. The number of carbonyl (C=O) groups is 1. The Kier molecular flexibility index (Phi) is 7.08. The topological polar surface area (TPSA) is 56.1 Å². The molecular formula is C28H31N3O2. The monoisotopic (exact) mass is 441 g/mol. The van der Waals surface area contributed by atoms with Gasteiger partial charge in [0.25, 0.3) is 0 Å². The van der Waals surface area contributed by atoms with Crippen LogP contribution in [0, 0.1) is 20.8 Å². The molecule has 1 amide bonds. The first-order valence-electron chi connectivity index (χ1n) is 11.5. The van der Waals surface area contributed by atoms with Crippen LogP contribution in [-0.2, 0) is 24.2 Å². The molecule has 4 rings (SSSR count). The van der Waals surface area contributed by atoms with Crippen molar-refractivity contribution in [2.75, 3.05) is 13.2 Å². The molecule has 0 aliphatic rings. The Morgan fingerprint density at radius 3 is 2.48 bits per heavy atom. The van der Waals surface area contributed by atoms with Crippen LogP contribution in [0.1, 0.15) is 28.1 Å². The number of para-hydroxylation sites is 2. The Morgan fingerprint density at radius 1 is 0.970 bits per heavy atom. The molecule has 5 nitrogen and oxygen atoms in total. The lowest BCUT2D eigenvalue weighted by Crippen LogP contribution is -2.28. The van der Waals surface area contributed by atoms with Gasteiger partial charge in [0, 0.05) is 13.0 Å². The van der Waals surface area contributed by atoms with E-state index in [1.54, 1.807) is 0 Å². The van der Waals surface area contributed by atoms with Gasteiger partial charge >= 0.3 is 0 Å². The number of carbonyl (C=O) groups excluding carboxylic acids is 1. The fourth-order valence-electron chi connectivity index (χ4n) is 4.19. The van der Waals surface area contributed by atoms with Gasteiger partial charge in [-0.1, -0.05) is 42.5 Å². The fraction of sp³-hybridized carbons (Fsp3) is 0.286. The molecule has 33 heavy (non-hydrogen) atoms. The summed E-state index contributed by atoms with van der Waals surface area (Å²) in [4.78, 5) is 17.3. The van der Waals surface area contributed by atoms with Gasteiger partial charge in [0.1, 0.15) is 18.2 Å². The second-order valence-corrected chi connectivity index (χ2v) is 8.54. The average Bonchev–Trinajstić information content (AvgIpc) is 3.12. The van der Waals surface area contributed by atoms with Crippen LogP contribution in [0.25, 0.3) is 11.0 Å². The predicted octanol–water partition coefficient (Wildman–Crippen LogP) is 4.94. The summed E-state index contributed by atoms with van der Waals surface area (Å²) in [7, 11) is 0. The molecule has 5 heteroatoms. The lowest BCUT2D eigenvalue weighted by molar-refractivity contribution is -0.120. The first-order chi connectivity index (χ1) is 16.0. The van der Waals surface area contributed by atoms with E-state index in [1.165, 1.54) is 11.1 Å². The highest BCUT2D eigenvalue weighted by Gasteiger charge is 2.12. The third-order valence-electron chi connectivity index (χ3n) is 5.80. The van der Waals surface area contributed by atoms with E-state index in [4.69, 9.17) is 9.72 Å². The van der Waals surface area contributed by atoms with Crippen molar-refractivity contribution >= 4 is 16.9 Å². The molecule has 0 aliphatic heterocycles. The lowest BCUT2D eigenvalue weighted by Gasteiger charge is -2.12. The summed E-state index contributed by atoms with van der Waals surface area (Å²) < 4.78 is 8.25. The molecule has 0 bridgehead atoms. The van der Waals surface area contributed by atoms with Gasteiger partial charge in [0.2, 0.25) is 5.91 Å². The van der Waals surface area contributed by atoms with Gasteiger partial charge in [-0.15, -0.1) is 0 Å². The van der Waals surface area contributed by atoms with Crippen molar-refractivity contribution in [3.05, 3.63) is 94.8 Å². The van der Waals surface area contributed by atoms with Crippen LogP contribution in [0.3, 0.4) is 0 Å². The average molecular weight is 442 g/mol. The van der Waals surface area contributed by atoms with Crippen molar-refractivity contribution in [3.8, 4) is 5.75 Å². The van der Waals surface area contributed by atoms with Crippen LogP contribution in [-0.4, -0.2) is 28.6 Å². The molecule has 0 radical (unpaired) electrons. The quantitative estimate of drug-likeness (QED) is 0.400. The second-order valence-electron chi connectivity index (χ2n) is 8.54. The molecule has 0 spiro atoms. The summed E-state index contributed by atoms with van der Waals surface area (Å²) >= 11 is 0. The summed E-state index contributed by atoms with van der Waals surface area (Å²) in [5.74, 6) is 1.88. The number of ether oxygens (including phenoxy) is 1. The van der Waals surface area contributed by atoms with E-state index in [0.29, 0.717) is 32.5 Å². The summed E-state index contributed by atoms with van der Waals surface area (Å²) in [6, 6.07) is 22.4. The third-order valence-corrected chi connectivity index (χ3v) is 5.80. The SMILES string of the molecule is Cc1cc(C)cc(OCCn2c(CCNC(=O)Cc3ccccc3C)nc3ccccc32)c1. The highest BCUT2D eigenvalue weighted by atomic mass is 16.5. The first kappa shape index (κ1) is 22.6. The van der Waals surface area contributed by atoms with Crippen molar-refractivity contribution in [1.82, 2.24) is 14.9 Å². The zero-order valence-corrected chi connectivity index (χ0v) is 19.6. The molecule has 3 aromatic carbocycles. The van der Waals surface area contributed by atoms with E-state index in [2.05, 4.69) is 48.0 Å². The number of amides is 1. The third kappa shape index (κ3) is 5.80. The van der Waals surface area contributed by atoms with E-state index in [1.807, 2.05) is 49.4 Å². The summed E-state index contributed by atoms with van der Waals surface area (Å²) in [6.07, 6.45) is 1.06. The first-order valence-corrected chi connectivity index (χ1v) is 11.5. The molecule has 0 aliphatic carbocycles. The smallest absolute Gasteiger partial charge is 0.224 e. The fourth-order valence-corrected chi connectivity index (χ4v) is 4.19. The van der Waals surface area contributed by atoms with Gasteiger partial charge in [-0.2, -0.15) is 0 Å². The molecule has 170 valence electrons. The molecule has 1 heterocycles. The Labute approximate surface area is 195 Å². The number of fused-ring (bicyclic) bond motifs is 1. The molecule has 1 aromatic heterocycles. The minimum atomic E-state index is 0.0325. The van der Waals surface area contributed by atoms with E-state index in [-0.39, 0.29) is 5.91 Å². The standard InChI is InChI=1S/C28H31N3O2/c1-20-16-21(2)18-24(17-20)33-15-14-31-26-11-7-6-10-25(26)30-27(31)12-13-29-28(32)19-23-9-5-4-8-22(23)3/h4-11,16-18H,12-15,19H2,1-3H3,(H,29,32). The zero-order valence-electron chi connectivity index (χ0n) is 19.6. The number of imidazole rings is 1. The molecule has 0 saturated carbocycles. The number of hydrogen-bond donors (Lipinski definition) is 1. The summed E-state index contributed by atoms with van der Waals surface area (Å²) in [5, 5.41) is 3.05. The Balaban J connectivity index is 1.39. The molecule has 0 fully saturated rings. The number of aromatic nitrogens is 2. The number of aryl methyl sites for hydroxylation is 3. The molecule has 0 atom stereocenters. The van der Waals surface area contributed by atoms with Gasteiger partial charge in [-0.3, -0.25) is 4.79 Å². The van der Waals surface area contributed by atoms with Crippen LogP contribution >= 0.6 is 0 Å². The van der Waals surface area contributed by atoms with Crippen LogP contribution in [0.15, 0.2) is 66.7 Å². The van der Waals surface area contributed by atoms with Crippen LogP contribution < -0.4 is 10.1 Å². The maximum Gasteiger partial charge on any atom is 0.224 e. The highest BCUT2D eigenvalue weighted by Crippen LogP contribution is 2.19. The Bertz CT molecular complexity index is 1240. The summed E-state index contributed by atoms with van der Waals surface area (Å²) in [6.45, 7) is 7.98. The van der Waals surface area contributed by atoms with Crippen LogP contribution in [0.2, 0.25) is 0 Å². The van der Waals surface area contributed by atoms with E-state index >= 15 is 0 Å². The van der Waals surface area contributed by atoms with Crippen molar-refractivity contribution in [3.63, 3.8) is 0 Å². The number of benzene rings is 3. The molecule has 4 aromatic rings. The van der Waals surface area contributed by atoms with Crippen molar-refractivity contribution in [2.24, 2.45) is 0 Å². The van der Waals surface area contributed by atoms with Gasteiger partial charge in [0.15, 0.2) is 0 Å². The lowest BCUT2D eigenvalue weighted by atomic mass is 10.1. The van der Waals surface area contributed by atoms with Gasteiger partial charge in [-0.05, 0) is 67.3 Å². The van der Waals surface area contributed by atoms with Crippen molar-refractivity contribution in [1.29, 1.82) is 0 Å². The number of hydrogen-bond acceptors (Lipinski definition) is 3. The number of nitrogens with one attached hydrogen (secondary N) is 1. The highest BCUT2D eigenvalue weighted by molar-refractivity contribution is 5.79. The molecule has 0 saturated heterocycles. The van der Waals surface area contributed by atoms with Crippen molar-refractivity contribution in [2.45, 2.75) is 40.2 Å². The zero-order chi connectivity index (χ0) is 23.2. The van der Waals surface area contributed by atoms with Gasteiger partial charge in [0.05, 0.1) is 24.0 Å². The van der Waals surface area contributed by atoms with E-state index in [0.717, 1.165) is 33.7 Å². The van der Waals surface area contributed by atoms with Crippen LogP contribution in [0.4, 0.5) is 0 Å². The van der Waals surface area contributed by atoms with Crippen molar-refractivity contribution < 1.29 is 9.53 Å². The molecule has 1 N–H and O–H groups in total. The maximum atomic E-state index is 12.4. The Hall–Kier alpha value is -3.60. The maximum absolute atomic E-state index is 12.4. The number of nitrogens with zero attached hydrogens (tertiary/aromatic N) is 2. The Morgan fingerprint density at radius 2 is 1.70 bits per heavy atom. The van der Waals surface area contributed by atoms with E-state index < -0.39 is 0 Å². The predicted molar refractivity (Wildman–Crippen MR) is 133 cm³/mol.